The molecular weight excluding hydrogens is 260 g/mol. The van der Waals surface area contributed by atoms with Crippen LogP contribution >= 0.6 is 0 Å². The third kappa shape index (κ3) is 1.91. The van der Waals surface area contributed by atoms with Gasteiger partial charge >= 0.3 is 0 Å². The molecule has 0 spiro atoms. The molecule has 0 fully saturated rings. The summed E-state index contributed by atoms with van der Waals surface area (Å²) in [4.78, 5) is 0. The normalized spacial score (nSPS) is 13.0. The lowest BCUT2D eigenvalue weighted by atomic mass is 10.2. The van der Waals surface area contributed by atoms with Crippen molar-refractivity contribution in [3.63, 3.8) is 0 Å². The van der Waals surface area contributed by atoms with E-state index in [1.165, 1.54) is 0 Å². The van der Waals surface area contributed by atoms with Gasteiger partial charge in [-0.25, -0.2) is 9.36 Å². The fraction of sp³-hybridized carbons (Fsp3) is 0.176. The number of para-hydroxylation sites is 1. The van der Waals surface area contributed by atoms with E-state index in [0.29, 0.717) is 0 Å². The molecular formula is C17H16N4. The molecule has 2 aromatic heterocycles. The van der Waals surface area contributed by atoms with Gasteiger partial charge in [0.05, 0.1) is 17.2 Å². The molecule has 21 heavy (non-hydrogen) atoms. The number of rotatable bonds is 3. The van der Waals surface area contributed by atoms with Gasteiger partial charge in [0.1, 0.15) is 6.17 Å². The Bertz CT molecular complexity index is 870. The Hall–Kier alpha value is -2.62. The fourth-order valence-corrected chi connectivity index (χ4v) is 2.84. The van der Waals surface area contributed by atoms with Crippen LogP contribution in [0.1, 0.15) is 19.5 Å². The number of fused-ring (bicyclic) bond motifs is 2. The number of hydrogen-bond donors (Lipinski definition) is 0. The Morgan fingerprint density at radius 3 is 2.57 bits per heavy atom. The lowest BCUT2D eigenvalue weighted by molar-refractivity contribution is 0.362. The zero-order valence-corrected chi connectivity index (χ0v) is 11.8. The van der Waals surface area contributed by atoms with Crippen molar-refractivity contribution in [3.8, 4) is 0 Å². The van der Waals surface area contributed by atoms with E-state index >= 15 is 0 Å². The lowest BCUT2D eigenvalue weighted by Gasteiger charge is -2.17. The molecule has 0 aliphatic heterocycles. The quantitative estimate of drug-likeness (QED) is 0.570. The molecule has 104 valence electrons. The van der Waals surface area contributed by atoms with Gasteiger partial charge in [0.15, 0.2) is 0 Å². The Morgan fingerprint density at radius 1 is 1.00 bits per heavy atom. The molecule has 4 aromatic rings. The van der Waals surface area contributed by atoms with Crippen LogP contribution in [-0.2, 0) is 0 Å². The molecule has 1 unspecified atom stereocenters. The largest absolute Gasteiger partial charge is 0.247 e. The highest BCUT2D eigenvalue weighted by Crippen LogP contribution is 2.23. The molecule has 0 saturated heterocycles. The molecule has 4 rings (SSSR count). The minimum atomic E-state index is 0.0947. The van der Waals surface area contributed by atoms with Gasteiger partial charge in [-0.2, -0.15) is 10.2 Å². The highest BCUT2D eigenvalue weighted by atomic mass is 15.4. The first-order valence-electron chi connectivity index (χ1n) is 7.23. The maximum atomic E-state index is 4.70. The summed E-state index contributed by atoms with van der Waals surface area (Å²) >= 11 is 0. The molecule has 0 saturated carbocycles. The van der Waals surface area contributed by atoms with Gasteiger partial charge in [-0.15, -0.1) is 0 Å². The Kier molecular flexibility index (Phi) is 2.74. The van der Waals surface area contributed by atoms with E-state index in [1.54, 1.807) is 0 Å². The highest BCUT2D eigenvalue weighted by molar-refractivity contribution is 5.79. The topological polar surface area (TPSA) is 35.6 Å². The van der Waals surface area contributed by atoms with Gasteiger partial charge in [0, 0.05) is 17.0 Å². The van der Waals surface area contributed by atoms with Gasteiger partial charge in [-0.1, -0.05) is 43.3 Å². The van der Waals surface area contributed by atoms with E-state index in [4.69, 9.17) is 5.10 Å². The van der Waals surface area contributed by atoms with E-state index in [0.717, 1.165) is 28.2 Å². The van der Waals surface area contributed by atoms with Crippen molar-refractivity contribution in [1.29, 1.82) is 0 Å². The van der Waals surface area contributed by atoms with Gasteiger partial charge in [0.2, 0.25) is 0 Å². The summed E-state index contributed by atoms with van der Waals surface area (Å²) in [5.74, 6) is 0. The summed E-state index contributed by atoms with van der Waals surface area (Å²) in [5.41, 5.74) is 2.16. The van der Waals surface area contributed by atoms with Crippen molar-refractivity contribution in [1.82, 2.24) is 19.6 Å². The van der Waals surface area contributed by atoms with Crippen LogP contribution in [0.2, 0.25) is 0 Å². The van der Waals surface area contributed by atoms with Crippen molar-refractivity contribution >= 4 is 21.8 Å². The molecule has 0 N–H and O–H groups in total. The van der Waals surface area contributed by atoms with E-state index < -0.39 is 0 Å². The summed E-state index contributed by atoms with van der Waals surface area (Å²) in [5, 5.41) is 11.6. The average molecular weight is 276 g/mol. The first kappa shape index (κ1) is 12.1. The van der Waals surface area contributed by atoms with Crippen LogP contribution in [0.4, 0.5) is 0 Å². The fourth-order valence-electron chi connectivity index (χ4n) is 2.84. The third-order valence-corrected chi connectivity index (χ3v) is 3.89. The monoisotopic (exact) mass is 276 g/mol. The van der Waals surface area contributed by atoms with E-state index in [2.05, 4.69) is 41.1 Å². The van der Waals surface area contributed by atoms with Gasteiger partial charge in [0.25, 0.3) is 0 Å². The summed E-state index contributed by atoms with van der Waals surface area (Å²) in [6, 6.07) is 16.5. The van der Waals surface area contributed by atoms with Crippen LogP contribution in [0, 0.1) is 0 Å². The lowest BCUT2D eigenvalue weighted by Crippen LogP contribution is -2.18. The first-order valence-corrected chi connectivity index (χ1v) is 7.23. The predicted octanol–water partition coefficient (Wildman–Crippen LogP) is 3.84. The van der Waals surface area contributed by atoms with Gasteiger partial charge in [-0.05, 0) is 18.6 Å². The number of hydrogen-bond acceptors (Lipinski definition) is 2. The second-order valence-electron chi connectivity index (χ2n) is 5.20. The molecule has 0 bridgehead atoms. The Labute approximate surface area is 122 Å². The van der Waals surface area contributed by atoms with Gasteiger partial charge in [-0.3, -0.25) is 0 Å². The molecule has 0 amide bonds. The Balaban J connectivity index is 1.87. The molecule has 4 nitrogen and oxygen atoms in total. The van der Waals surface area contributed by atoms with E-state index in [9.17, 15) is 0 Å². The van der Waals surface area contributed by atoms with Crippen LogP contribution in [0.15, 0.2) is 60.9 Å². The molecule has 0 radical (unpaired) electrons. The van der Waals surface area contributed by atoms with Crippen molar-refractivity contribution < 1.29 is 0 Å². The SMILES string of the molecule is CCC(n1cc2ccccc2n1)n1ncc2ccccc21. The maximum absolute atomic E-state index is 4.70. The second kappa shape index (κ2) is 4.74. The molecule has 1 atom stereocenters. The minimum Gasteiger partial charge on any atom is -0.247 e. The second-order valence-corrected chi connectivity index (χ2v) is 5.20. The van der Waals surface area contributed by atoms with Crippen molar-refractivity contribution in [2.75, 3.05) is 0 Å². The van der Waals surface area contributed by atoms with Crippen LogP contribution in [-0.4, -0.2) is 19.6 Å². The molecule has 2 aromatic carbocycles. The molecule has 4 heteroatoms. The summed E-state index contributed by atoms with van der Waals surface area (Å²) in [6.45, 7) is 2.16. The van der Waals surface area contributed by atoms with E-state index in [1.807, 2.05) is 41.2 Å². The van der Waals surface area contributed by atoms with Crippen LogP contribution in [0.3, 0.4) is 0 Å². The highest BCUT2D eigenvalue weighted by Gasteiger charge is 2.15. The smallest absolute Gasteiger partial charge is 0.143 e. The van der Waals surface area contributed by atoms with Crippen LogP contribution < -0.4 is 0 Å². The standard InChI is InChI=1S/C17H16N4/c1-2-17(20-12-14-8-3-5-9-15(14)19-20)21-16-10-6-4-7-13(16)11-18-21/h3-12,17H,2H2,1H3. The maximum Gasteiger partial charge on any atom is 0.143 e. The molecule has 0 aliphatic carbocycles. The number of aromatic nitrogens is 4. The van der Waals surface area contributed by atoms with Crippen LogP contribution in [0.25, 0.3) is 21.8 Å². The molecule has 0 aliphatic rings. The minimum absolute atomic E-state index is 0.0947. The van der Waals surface area contributed by atoms with E-state index in [-0.39, 0.29) is 6.17 Å². The summed E-state index contributed by atoms with van der Waals surface area (Å²) < 4.78 is 4.07. The van der Waals surface area contributed by atoms with Gasteiger partial charge < -0.3 is 0 Å². The van der Waals surface area contributed by atoms with Crippen molar-refractivity contribution in [2.24, 2.45) is 0 Å². The zero-order valence-electron chi connectivity index (χ0n) is 11.8. The molecule has 2 heterocycles. The summed E-state index contributed by atoms with van der Waals surface area (Å²) in [6.07, 6.45) is 5.04. The van der Waals surface area contributed by atoms with Crippen molar-refractivity contribution in [3.05, 3.63) is 60.9 Å². The summed E-state index contributed by atoms with van der Waals surface area (Å²) in [7, 11) is 0. The number of nitrogens with zero attached hydrogens (tertiary/aromatic N) is 4. The van der Waals surface area contributed by atoms with Crippen molar-refractivity contribution in [2.45, 2.75) is 19.5 Å². The first-order chi connectivity index (χ1) is 10.4. The predicted molar refractivity (Wildman–Crippen MR) is 84.2 cm³/mol. The number of benzene rings is 2. The third-order valence-electron chi connectivity index (χ3n) is 3.89. The Morgan fingerprint density at radius 2 is 1.76 bits per heavy atom. The average Bonchev–Trinajstić information content (AvgIpc) is 3.13. The van der Waals surface area contributed by atoms with Crippen LogP contribution in [0.5, 0.6) is 0 Å². The zero-order chi connectivity index (χ0) is 14.2.